The van der Waals surface area contributed by atoms with Crippen LogP contribution in [0.4, 0.5) is 0 Å². The van der Waals surface area contributed by atoms with E-state index in [2.05, 4.69) is 0 Å². The molecule has 0 saturated carbocycles. The first-order valence-corrected chi connectivity index (χ1v) is 6.19. The number of nitrogens with two attached hydrogens (primary N) is 1. The number of carbonyl (C=O) groups excluding carboxylic acids is 1. The Morgan fingerprint density at radius 2 is 1.88 bits per heavy atom. The summed E-state index contributed by atoms with van der Waals surface area (Å²) in [6.07, 6.45) is 0. The fourth-order valence-corrected chi connectivity index (χ4v) is 1.99. The van der Waals surface area contributed by atoms with E-state index in [1.54, 1.807) is 14.1 Å². The van der Waals surface area contributed by atoms with Crippen LogP contribution in [0.5, 0.6) is 0 Å². The van der Waals surface area contributed by atoms with E-state index in [-0.39, 0.29) is 21.4 Å². The van der Waals surface area contributed by atoms with Gasteiger partial charge in [0.1, 0.15) is 0 Å². The molecule has 1 aromatic carbocycles. The molecule has 0 aliphatic rings. The summed E-state index contributed by atoms with van der Waals surface area (Å²) in [6, 6.07) is 3.78. The average Bonchev–Trinajstić information content (AvgIpc) is 2.14. The molecule has 0 aromatic heterocycles. The molecule has 0 bridgehead atoms. The third-order valence-corrected chi connectivity index (χ3v) is 2.96. The van der Waals surface area contributed by atoms with E-state index < -0.39 is 10.0 Å². The minimum absolute atomic E-state index is 0.150. The third kappa shape index (κ3) is 2.94. The van der Waals surface area contributed by atoms with Crippen LogP contribution in [0, 0.1) is 0 Å². The van der Waals surface area contributed by atoms with Crippen molar-refractivity contribution in [2.24, 2.45) is 5.14 Å². The minimum Gasteiger partial charge on any atom is -0.345 e. The minimum atomic E-state index is -3.86. The Kier molecular flexibility index (Phi) is 3.57. The highest BCUT2D eigenvalue weighted by atomic mass is 35.5. The van der Waals surface area contributed by atoms with Crippen LogP contribution in [0.2, 0.25) is 5.02 Å². The lowest BCUT2D eigenvalue weighted by Crippen LogP contribution is -2.22. The smallest absolute Gasteiger partial charge is 0.253 e. The lowest BCUT2D eigenvalue weighted by atomic mass is 10.2. The van der Waals surface area contributed by atoms with Gasteiger partial charge in [-0.05, 0) is 18.2 Å². The lowest BCUT2D eigenvalue weighted by molar-refractivity contribution is 0.0827. The lowest BCUT2D eigenvalue weighted by Gasteiger charge is -2.11. The van der Waals surface area contributed by atoms with E-state index in [0.29, 0.717) is 0 Å². The standard InChI is InChI=1S/C9H11ClN2O3S/c1-12(2)9(13)6-3-7(10)5-8(4-6)16(11,14)15/h3-5H,1-2H3,(H2,11,14,15). The van der Waals surface area contributed by atoms with Crippen LogP contribution in [0.25, 0.3) is 0 Å². The van der Waals surface area contributed by atoms with Crippen LogP contribution < -0.4 is 5.14 Å². The normalized spacial score (nSPS) is 11.2. The molecule has 1 aromatic rings. The highest BCUT2D eigenvalue weighted by molar-refractivity contribution is 7.89. The van der Waals surface area contributed by atoms with Crippen molar-refractivity contribution in [3.05, 3.63) is 28.8 Å². The fraction of sp³-hybridized carbons (Fsp3) is 0.222. The van der Waals surface area contributed by atoms with E-state index in [0.717, 1.165) is 0 Å². The number of hydrogen-bond acceptors (Lipinski definition) is 3. The first-order valence-electron chi connectivity index (χ1n) is 4.27. The number of hydrogen-bond donors (Lipinski definition) is 1. The van der Waals surface area contributed by atoms with Gasteiger partial charge in [-0.3, -0.25) is 4.79 Å². The van der Waals surface area contributed by atoms with Crippen molar-refractivity contribution in [2.75, 3.05) is 14.1 Å². The number of rotatable bonds is 2. The summed E-state index contributed by atoms with van der Waals surface area (Å²) < 4.78 is 22.2. The molecule has 0 saturated heterocycles. The average molecular weight is 263 g/mol. The molecule has 1 rings (SSSR count). The Bertz CT molecular complexity index is 526. The number of halogens is 1. The maximum absolute atomic E-state index is 11.6. The molecule has 0 aliphatic carbocycles. The number of nitrogens with zero attached hydrogens (tertiary/aromatic N) is 1. The van der Waals surface area contributed by atoms with Crippen LogP contribution in [-0.4, -0.2) is 33.3 Å². The highest BCUT2D eigenvalue weighted by Crippen LogP contribution is 2.18. The van der Waals surface area contributed by atoms with E-state index in [4.69, 9.17) is 16.7 Å². The van der Waals surface area contributed by atoms with Crippen LogP contribution in [0.3, 0.4) is 0 Å². The first kappa shape index (κ1) is 13.0. The van der Waals surface area contributed by atoms with E-state index in [9.17, 15) is 13.2 Å². The van der Waals surface area contributed by atoms with Crippen molar-refractivity contribution in [2.45, 2.75) is 4.90 Å². The number of carbonyl (C=O) groups is 1. The molecule has 0 fully saturated rings. The van der Waals surface area contributed by atoms with Gasteiger partial charge in [0.05, 0.1) is 4.90 Å². The number of sulfonamides is 1. The Balaban J connectivity index is 3.35. The van der Waals surface area contributed by atoms with Crippen molar-refractivity contribution in [1.82, 2.24) is 4.90 Å². The second kappa shape index (κ2) is 4.40. The monoisotopic (exact) mass is 262 g/mol. The van der Waals surface area contributed by atoms with Gasteiger partial charge < -0.3 is 4.90 Å². The molecule has 0 spiro atoms. The van der Waals surface area contributed by atoms with Gasteiger partial charge in [0, 0.05) is 24.7 Å². The molecule has 7 heteroatoms. The van der Waals surface area contributed by atoms with Gasteiger partial charge in [0.15, 0.2) is 0 Å². The molecule has 0 unspecified atom stereocenters. The van der Waals surface area contributed by atoms with Crippen LogP contribution in [-0.2, 0) is 10.0 Å². The SMILES string of the molecule is CN(C)C(=O)c1cc(Cl)cc(S(N)(=O)=O)c1. The molecule has 1 amide bonds. The summed E-state index contributed by atoms with van der Waals surface area (Å²) in [5.74, 6) is -0.340. The number of benzene rings is 1. The van der Waals surface area contributed by atoms with Crippen molar-refractivity contribution in [1.29, 1.82) is 0 Å². The molecule has 0 radical (unpaired) electrons. The molecule has 16 heavy (non-hydrogen) atoms. The number of primary sulfonamides is 1. The number of amides is 1. The van der Waals surface area contributed by atoms with Crippen molar-refractivity contribution >= 4 is 27.5 Å². The first-order chi connectivity index (χ1) is 7.21. The van der Waals surface area contributed by atoms with Gasteiger partial charge >= 0.3 is 0 Å². The van der Waals surface area contributed by atoms with Crippen molar-refractivity contribution in [3.8, 4) is 0 Å². The molecule has 0 heterocycles. The molecule has 0 aliphatic heterocycles. The Morgan fingerprint density at radius 1 is 1.31 bits per heavy atom. The second-order valence-corrected chi connectivity index (χ2v) is 5.42. The van der Waals surface area contributed by atoms with Gasteiger partial charge in [0.2, 0.25) is 10.0 Å². The molecular weight excluding hydrogens is 252 g/mol. The Labute approximate surface area is 98.9 Å². The van der Waals surface area contributed by atoms with E-state index >= 15 is 0 Å². The summed E-state index contributed by atoms with van der Waals surface area (Å²) >= 11 is 5.71. The summed E-state index contributed by atoms with van der Waals surface area (Å²) in [5.41, 5.74) is 0.182. The van der Waals surface area contributed by atoms with Crippen molar-refractivity contribution < 1.29 is 13.2 Å². The zero-order valence-electron chi connectivity index (χ0n) is 8.77. The van der Waals surface area contributed by atoms with Gasteiger partial charge in [-0.25, -0.2) is 13.6 Å². The highest BCUT2D eigenvalue weighted by Gasteiger charge is 2.15. The quantitative estimate of drug-likeness (QED) is 0.851. The zero-order valence-corrected chi connectivity index (χ0v) is 10.3. The van der Waals surface area contributed by atoms with Gasteiger partial charge in [0.25, 0.3) is 5.91 Å². The largest absolute Gasteiger partial charge is 0.345 e. The topological polar surface area (TPSA) is 80.5 Å². The predicted molar refractivity (Wildman–Crippen MR) is 60.8 cm³/mol. The third-order valence-electron chi connectivity index (χ3n) is 1.85. The van der Waals surface area contributed by atoms with Gasteiger partial charge in [-0.1, -0.05) is 11.6 Å². The maximum atomic E-state index is 11.6. The van der Waals surface area contributed by atoms with E-state index in [1.807, 2.05) is 0 Å². The van der Waals surface area contributed by atoms with Gasteiger partial charge in [-0.2, -0.15) is 0 Å². The summed E-state index contributed by atoms with van der Waals surface area (Å²) in [4.78, 5) is 12.7. The molecular formula is C9H11ClN2O3S. The summed E-state index contributed by atoms with van der Waals surface area (Å²) in [7, 11) is -0.751. The maximum Gasteiger partial charge on any atom is 0.253 e. The summed E-state index contributed by atoms with van der Waals surface area (Å²) in [6.45, 7) is 0. The predicted octanol–water partition coefficient (Wildman–Crippen LogP) is 0.689. The van der Waals surface area contributed by atoms with E-state index in [1.165, 1.54) is 23.1 Å². The fourth-order valence-electron chi connectivity index (χ4n) is 1.11. The van der Waals surface area contributed by atoms with Crippen LogP contribution in [0.15, 0.2) is 23.1 Å². The molecule has 0 atom stereocenters. The van der Waals surface area contributed by atoms with Crippen LogP contribution in [0.1, 0.15) is 10.4 Å². The van der Waals surface area contributed by atoms with Crippen LogP contribution >= 0.6 is 11.6 Å². The van der Waals surface area contributed by atoms with Crippen molar-refractivity contribution in [3.63, 3.8) is 0 Å². The summed E-state index contributed by atoms with van der Waals surface area (Å²) in [5, 5.41) is 5.11. The molecule has 88 valence electrons. The zero-order chi connectivity index (χ0) is 12.5. The molecule has 2 N–H and O–H groups in total. The Morgan fingerprint density at radius 3 is 2.31 bits per heavy atom. The van der Waals surface area contributed by atoms with Gasteiger partial charge in [-0.15, -0.1) is 0 Å². The second-order valence-electron chi connectivity index (χ2n) is 3.42. The molecule has 5 nitrogen and oxygen atoms in total. The Hall–Kier alpha value is -1.11.